The molecule has 2 aromatic rings. The molecule has 2 rings (SSSR count). The molecule has 0 unspecified atom stereocenters. The maximum absolute atomic E-state index is 12.1. The largest absolute Gasteiger partial charge is 0.326 e. The van der Waals surface area contributed by atoms with Crippen molar-refractivity contribution >= 4 is 11.6 Å². The molecule has 2 aromatic carbocycles. The summed E-state index contributed by atoms with van der Waals surface area (Å²) in [7, 11) is 0. The number of carbonyl (C=O) groups excluding carboxylic acids is 1. The van der Waals surface area contributed by atoms with Gasteiger partial charge in [-0.15, -0.1) is 0 Å². The lowest BCUT2D eigenvalue weighted by Gasteiger charge is -2.08. The Morgan fingerprint density at radius 2 is 2.00 bits per heavy atom. The van der Waals surface area contributed by atoms with Gasteiger partial charge in [0.2, 0.25) is 0 Å². The van der Waals surface area contributed by atoms with E-state index in [1.54, 1.807) is 36.4 Å². The SMILES string of the molecule is N#Cc1cccc(NC(=O)c2ccccc2CN)c1. The molecule has 0 saturated heterocycles. The van der Waals surface area contributed by atoms with E-state index >= 15 is 0 Å². The van der Waals surface area contributed by atoms with Crippen LogP contribution in [-0.2, 0) is 6.54 Å². The quantitative estimate of drug-likeness (QED) is 0.878. The summed E-state index contributed by atoms with van der Waals surface area (Å²) in [6, 6.07) is 16.0. The van der Waals surface area contributed by atoms with Gasteiger partial charge in [-0.3, -0.25) is 4.79 Å². The van der Waals surface area contributed by atoms with Gasteiger partial charge in [0, 0.05) is 17.8 Å². The highest BCUT2D eigenvalue weighted by atomic mass is 16.1. The van der Waals surface area contributed by atoms with Crippen LogP contribution in [-0.4, -0.2) is 5.91 Å². The number of carbonyl (C=O) groups is 1. The number of nitrogens with two attached hydrogens (primary N) is 1. The number of hydrogen-bond acceptors (Lipinski definition) is 3. The predicted octanol–water partition coefficient (Wildman–Crippen LogP) is 2.27. The van der Waals surface area contributed by atoms with Crippen LogP contribution in [0.15, 0.2) is 48.5 Å². The number of benzene rings is 2. The van der Waals surface area contributed by atoms with E-state index in [2.05, 4.69) is 5.32 Å². The summed E-state index contributed by atoms with van der Waals surface area (Å²) >= 11 is 0. The Balaban J connectivity index is 2.23. The Hall–Kier alpha value is -2.64. The smallest absolute Gasteiger partial charge is 0.255 e. The first-order chi connectivity index (χ1) is 9.24. The molecule has 0 aliphatic rings. The van der Waals surface area contributed by atoms with E-state index in [0.717, 1.165) is 5.56 Å². The number of anilines is 1. The fourth-order valence-corrected chi connectivity index (χ4v) is 1.78. The lowest BCUT2D eigenvalue weighted by Crippen LogP contribution is -2.15. The van der Waals surface area contributed by atoms with Crippen molar-refractivity contribution in [3.05, 3.63) is 65.2 Å². The van der Waals surface area contributed by atoms with Crippen molar-refractivity contribution in [3.63, 3.8) is 0 Å². The summed E-state index contributed by atoms with van der Waals surface area (Å²) in [5.74, 6) is -0.226. The van der Waals surface area contributed by atoms with Crippen molar-refractivity contribution < 1.29 is 4.79 Å². The minimum atomic E-state index is -0.226. The summed E-state index contributed by atoms with van der Waals surface area (Å²) in [5.41, 5.74) is 8.04. The van der Waals surface area contributed by atoms with Crippen molar-refractivity contribution in [1.82, 2.24) is 0 Å². The second-order valence-electron chi connectivity index (χ2n) is 4.01. The molecule has 0 heterocycles. The highest BCUT2D eigenvalue weighted by molar-refractivity contribution is 6.05. The minimum absolute atomic E-state index is 0.226. The van der Waals surface area contributed by atoms with Gasteiger partial charge in [0.15, 0.2) is 0 Å². The first kappa shape index (κ1) is 12.8. The molecule has 0 atom stereocenters. The fourth-order valence-electron chi connectivity index (χ4n) is 1.78. The van der Waals surface area contributed by atoms with Crippen LogP contribution in [0.1, 0.15) is 21.5 Å². The van der Waals surface area contributed by atoms with E-state index in [1.165, 1.54) is 0 Å². The average molecular weight is 251 g/mol. The third-order valence-electron chi connectivity index (χ3n) is 2.73. The third kappa shape index (κ3) is 2.97. The molecule has 94 valence electrons. The van der Waals surface area contributed by atoms with E-state index in [4.69, 9.17) is 11.0 Å². The zero-order chi connectivity index (χ0) is 13.7. The van der Waals surface area contributed by atoms with E-state index < -0.39 is 0 Å². The summed E-state index contributed by atoms with van der Waals surface area (Å²) < 4.78 is 0. The highest BCUT2D eigenvalue weighted by Gasteiger charge is 2.10. The molecule has 1 amide bonds. The maximum Gasteiger partial charge on any atom is 0.255 e. The molecule has 3 N–H and O–H groups in total. The van der Waals surface area contributed by atoms with E-state index in [1.807, 2.05) is 18.2 Å². The molecule has 0 spiro atoms. The number of rotatable bonds is 3. The molecule has 0 aliphatic carbocycles. The summed E-state index contributed by atoms with van der Waals surface area (Å²) in [4.78, 5) is 12.1. The highest BCUT2D eigenvalue weighted by Crippen LogP contribution is 2.14. The molecular weight excluding hydrogens is 238 g/mol. The molecule has 0 aliphatic heterocycles. The van der Waals surface area contributed by atoms with Crippen molar-refractivity contribution in [1.29, 1.82) is 5.26 Å². The van der Waals surface area contributed by atoms with Crippen molar-refractivity contribution in [3.8, 4) is 6.07 Å². The number of amides is 1. The number of nitrogens with one attached hydrogen (secondary N) is 1. The first-order valence-corrected chi connectivity index (χ1v) is 5.84. The maximum atomic E-state index is 12.1. The van der Waals surface area contributed by atoms with Crippen LogP contribution in [0, 0.1) is 11.3 Å². The van der Waals surface area contributed by atoms with Crippen LogP contribution in [0.5, 0.6) is 0 Å². The van der Waals surface area contributed by atoms with Crippen LogP contribution < -0.4 is 11.1 Å². The molecule has 4 heteroatoms. The molecule has 0 saturated carbocycles. The van der Waals surface area contributed by atoms with E-state index in [-0.39, 0.29) is 5.91 Å². The Bertz CT molecular complexity index is 644. The molecular formula is C15H13N3O. The van der Waals surface area contributed by atoms with Crippen LogP contribution >= 0.6 is 0 Å². The Morgan fingerprint density at radius 1 is 1.21 bits per heavy atom. The molecule has 0 radical (unpaired) electrons. The zero-order valence-corrected chi connectivity index (χ0v) is 10.3. The summed E-state index contributed by atoms with van der Waals surface area (Å²) in [6.07, 6.45) is 0. The van der Waals surface area contributed by atoms with Gasteiger partial charge in [0.25, 0.3) is 5.91 Å². The number of hydrogen-bond donors (Lipinski definition) is 2. The molecule has 0 aromatic heterocycles. The van der Waals surface area contributed by atoms with Gasteiger partial charge >= 0.3 is 0 Å². The molecule has 19 heavy (non-hydrogen) atoms. The number of nitriles is 1. The van der Waals surface area contributed by atoms with Crippen LogP contribution in [0.4, 0.5) is 5.69 Å². The summed E-state index contributed by atoms with van der Waals surface area (Å²) in [5, 5.41) is 11.6. The standard InChI is InChI=1S/C15H13N3O/c16-9-11-4-3-6-13(8-11)18-15(19)14-7-2-1-5-12(14)10-17/h1-8H,10,17H2,(H,18,19). The van der Waals surface area contributed by atoms with Crippen molar-refractivity contribution in [2.24, 2.45) is 5.73 Å². The topological polar surface area (TPSA) is 78.9 Å². The number of nitrogens with zero attached hydrogens (tertiary/aromatic N) is 1. The van der Waals surface area contributed by atoms with Gasteiger partial charge in [-0.25, -0.2) is 0 Å². The second kappa shape index (κ2) is 5.80. The Labute approximate surface area is 111 Å². The summed E-state index contributed by atoms with van der Waals surface area (Å²) in [6.45, 7) is 0.307. The van der Waals surface area contributed by atoms with E-state index in [9.17, 15) is 4.79 Å². The second-order valence-corrected chi connectivity index (χ2v) is 4.01. The normalized spacial score (nSPS) is 9.68. The van der Waals surface area contributed by atoms with Crippen LogP contribution in [0.3, 0.4) is 0 Å². The van der Waals surface area contributed by atoms with Crippen LogP contribution in [0.25, 0.3) is 0 Å². The van der Waals surface area contributed by atoms with E-state index in [0.29, 0.717) is 23.4 Å². The lowest BCUT2D eigenvalue weighted by molar-refractivity contribution is 0.102. The predicted molar refractivity (Wildman–Crippen MR) is 73.4 cm³/mol. The molecule has 0 bridgehead atoms. The first-order valence-electron chi connectivity index (χ1n) is 5.84. The monoisotopic (exact) mass is 251 g/mol. The third-order valence-corrected chi connectivity index (χ3v) is 2.73. The Kier molecular flexibility index (Phi) is 3.91. The zero-order valence-electron chi connectivity index (χ0n) is 10.3. The van der Waals surface area contributed by atoms with Gasteiger partial charge in [-0.05, 0) is 29.8 Å². The van der Waals surface area contributed by atoms with Gasteiger partial charge in [-0.1, -0.05) is 24.3 Å². The van der Waals surface area contributed by atoms with Crippen LogP contribution in [0.2, 0.25) is 0 Å². The average Bonchev–Trinajstić information content (AvgIpc) is 2.47. The Morgan fingerprint density at radius 3 is 2.74 bits per heavy atom. The van der Waals surface area contributed by atoms with Gasteiger partial charge in [0.1, 0.15) is 0 Å². The fraction of sp³-hybridized carbons (Fsp3) is 0.0667. The van der Waals surface area contributed by atoms with Crippen molar-refractivity contribution in [2.45, 2.75) is 6.54 Å². The lowest BCUT2D eigenvalue weighted by atomic mass is 10.1. The van der Waals surface area contributed by atoms with Gasteiger partial charge < -0.3 is 11.1 Å². The minimum Gasteiger partial charge on any atom is -0.326 e. The van der Waals surface area contributed by atoms with Gasteiger partial charge in [0.05, 0.1) is 11.6 Å². The van der Waals surface area contributed by atoms with Gasteiger partial charge in [-0.2, -0.15) is 5.26 Å². The van der Waals surface area contributed by atoms with Crippen molar-refractivity contribution in [2.75, 3.05) is 5.32 Å². The molecule has 4 nitrogen and oxygen atoms in total. The molecule has 0 fully saturated rings.